The van der Waals surface area contributed by atoms with Gasteiger partial charge >= 0.3 is 6.03 Å². The fraction of sp³-hybridized carbons (Fsp3) is 0.190. The molecule has 0 aliphatic heterocycles. The average Bonchev–Trinajstić information content (AvgIpc) is 3.03. The molecule has 0 atom stereocenters. The van der Waals surface area contributed by atoms with Gasteiger partial charge in [-0.1, -0.05) is 29.4 Å². The van der Waals surface area contributed by atoms with Crippen LogP contribution >= 0.6 is 11.3 Å². The zero-order valence-electron chi connectivity index (χ0n) is 15.3. The van der Waals surface area contributed by atoms with Crippen molar-refractivity contribution in [2.24, 2.45) is 0 Å². The van der Waals surface area contributed by atoms with Crippen LogP contribution in [0.2, 0.25) is 0 Å². The normalized spacial score (nSPS) is 10.1. The number of amides is 2. The lowest BCUT2D eigenvalue weighted by Crippen LogP contribution is -2.29. The maximum absolute atomic E-state index is 13.1. The number of aryl methyl sites for hydroxylation is 2. The van der Waals surface area contributed by atoms with E-state index in [1.165, 1.54) is 23.5 Å². The summed E-state index contributed by atoms with van der Waals surface area (Å²) < 4.78 is 13.1. The molecule has 3 rings (SSSR count). The number of anilines is 1. The first-order chi connectivity index (χ1) is 13.6. The summed E-state index contributed by atoms with van der Waals surface area (Å²) >= 11 is 1.33. The fourth-order valence-electron chi connectivity index (χ4n) is 2.46. The second kappa shape index (κ2) is 9.62. The number of halogens is 1. The molecule has 7 heteroatoms. The minimum Gasteiger partial charge on any atom is -0.338 e. The van der Waals surface area contributed by atoms with Crippen molar-refractivity contribution in [3.8, 4) is 11.8 Å². The van der Waals surface area contributed by atoms with Crippen LogP contribution in [-0.2, 0) is 6.42 Å². The van der Waals surface area contributed by atoms with Gasteiger partial charge in [0.25, 0.3) is 0 Å². The Balaban J connectivity index is 1.47. The molecule has 0 spiro atoms. The maximum atomic E-state index is 13.1. The van der Waals surface area contributed by atoms with Crippen LogP contribution in [0.4, 0.5) is 14.3 Å². The van der Waals surface area contributed by atoms with Gasteiger partial charge in [-0.3, -0.25) is 10.3 Å². The van der Waals surface area contributed by atoms with Crippen LogP contribution in [0.5, 0.6) is 0 Å². The number of hydrogen-bond acceptors (Lipinski definition) is 4. The van der Waals surface area contributed by atoms with E-state index < -0.39 is 0 Å². The quantitative estimate of drug-likeness (QED) is 0.505. The summed E-state index contributed by atoms with van der Waals surface area (Å²) in [5, 5.41) is 6.01. The molecule has 2 heterocycles. The smallest absolute Gasteiger partial charge is 0.321 e. The maximum Gasteiger partial charge on any atom is 0.321 e. The average molecular weight is 394 g/mol. The van der Waals surface area contributed by atoms with E-state index in [-0.39, 0.29) is 11.8 Å². The van der Waals surface area contributed by atoms with E-state index >= 15 is 0 Å². The van der Waals surface area contributed by atoms with Gasteiger partial charge in [0, 0.05) is 24.5 Å². The molecule has 0 bridgehead atoms. The second-order valence-electron chi connectivity index (χ2n) is 6.03. The summed E-state index contributed by atoms with van der Waals surface area (Å²) in [5.74, 6) is 5.88. The number of hydrogen-bond donors (Lipinski definition) is 2. The van der Waals surface area contributed by atoms with Crippen molar-refractivity contribution in [3.63, 3.8) is 0 Å². The Morgan fingerprint density at radius 2 is 2.04 bits per heavy atom. The van der Waals surface area contributed by atoms with E-state index in [9.17, 15) is 9.18 Å². The summed E-state index contributed by atoms with van der Waals surface area (Å²) in [7, 11) is 0. The molecule has 0 fully saturated rings. The van der Waals surface area contributed by atoms with Crippen LogP contribution in [-0.4, -0.2) is 22.5 Å². The van der Waals surface area contributed by atoms with Gasteiger partial charge in [0.1, 0.15) is 10.7 Å². The number of benzene rings is 1. The molecule has 3 aromatic rings. The van der Waals surface area contributed by atoms with Gasteiger partial charge in [0.2, 0.25) is 0 Å². The van der Waals surface area contributed by atoms with E-state index in [1.807, 2.05) is 25.1 Å². The molecule has 142 valence electrons. The van der Waals surface area contributed by atoms with Crippen molar-refractivity contribution >= 4 is 22.5 Å². The molecule has 0 saturated heterocycles. The molecule has 0 unspecified atom stereocenters. The van der Waals surface area contributed by atoms with E-state index in [4.69, 9.17) is 0 Å². The van der Waals surface area contributed by atoms with E-state index in [2.05, 4.69) is 32.4 Å². The topological polar surface area (TPSA) is 66.9 Å². The Hall–Kier alpha value is -3.24. The van der Waals surface area contributed by atoms with Crippen LogP contribution in [0.3, 0.4) is 0 Å². The fourth-order valence-corrected chi connectivity index (χ4v) is 3.27. The first-order valence-electron chi connectivity index (χ1n) is 8.79. The largest absolute Gasteiger partial charge is 0.338 e. The second-order valence-corrected chi connectivity index (χ2v) is 7.03. The van der Waals surface area contributed by atoms with Crippen molar-refractivity contribution in [2.45, 2.75) is 19.8 Å². The summed E-state index contributed by atoms with van der Waals surface area (Å²) in [4.78, 5) is 21.1. The number of aromatic nitrogens is 2. The zero-order valence-corrected chi connectivity index (χ0v) is 16.1. The van der Waals surface area contributed by atoms with Crippen LogP contribution in [0.15, 0.2) is 48.8 Å². The third kappa shape index (κ3) is 5.89. The standard InChI is InChI=1S/C21H19FN4OS/c1-15-19(8-7-16-9-12-23-13-10-16)28-21(25-15)26-20(27)24-11-3-5-17-4-2-6-18(22)14-17/h2,4,6,9-10,12-14H,3,5,11H2,1H3,(H2,24,25,26,27). The summed E-state index contributed by atoms with van der Waals surface area (Å²) in [6.07, 6.45) is 4.80. The molecule has 2 amide bonds. The van der Waals surface area contributed by atoms with Crippen molar-refractivity contribution in [3.05, 3.63) is 76.3 Å². The number of thiazole rings is 1. The number of pyridine rings is 1. The zero-order chi connectivity index (χ0) is 19.8. The van der Waals surface area contributed by atoms with Crippen LogP contribution < -0.4 is 10.6 Å². The first kappa shape index (κ1) is 19.5. The SMILES string of the molecule is Cc1nc(NC(=O)NCCCc2cccc(F)c2)sc1C#Cc1ccncc1. The van der Waals surface area contributed by atoms with Crippen molar-refractivity contribution in [1.29, 1.82) is 0 Å². The predicted octanol–water partition coefficient (Wildman–Crippen LogP) is 4.14. The number of nitrogens with zero attached hydrogens (tertiary/aromatic N) is 2. The number of urea groups is 1. The third-order valence-electron chi connectivity index (χ3n) is 3.83. The monoisotopic (exact) mass is 394 g/mol. The van der Waals surface area contributed by atoms with E-state index in [0.717, 1.165) is 28.1 Å². The Morgan fingerprint density at radius 3 is 2.82 bits per heavy atom. The van der Waals surface area contributed by atoms with Gasteiger partial charge in [-0.2, -0.15) is 0 Å². The highest BCUT2D eigenvalue weighted by molar-refractivity contribution is 7.16. The van der Waals surface area contributed by atoms with Gasteiger partial charge in [-0.05, 0) is 55.5 Å². The summed E-state index contributed by atoms with van der Waals surface area (Å²) in [6, 6.07) is 9.83. The third-order valence-corrected chi connectivity index (χ3v) is 4.82. The molecule has 2 aromatic heterocycles. The first-order valence-corrected chi connectivity index (χ1v) is 9.60. The minimum absolute atomic E-state index is 0.245. The highest BCUT2D eigenvalue weighted by Gasteiger charge is 2.08. The van der Waals surface area contributed by atoms with E-state index in [1.54, 1.807) is 18.5 Å². The van der Waals surface area contributed by atoms with Gasteiger partial charge in [-0.25, -0.2) is 14.2 Å². The molecule has 0 radical (unpaired) electrons. The molecule has 0 aliphatic rings. The highest BCUT2D eigenvalue weighted by Crippen LogP contribution is 2.21. The van der Waals surface area contributed by atoms with Crippen LogP contribution in [0, 0.1) is 24.6 Å². The Kier molecular flexibility index (Phi) is 6.71. The number of carbonyl (C=O) groups excluding carboxylic acids is 1. The number of nitrogens with one attached hydrogen (secondary N) is 2. The predicted molar refractivity (Wildman–Crippen MR) is 109 cm³/mol. The number of carbonyl (C=O) groups is 1. The number of rotatable bonds is 5. The van der Waals surface area contributed by atoms with Crippen molar-refractivity contribution in [1.82, 2.24) is 15.3 Å². The van der Waals surface area contributed by atoms with Crippen LogP contribution in [0.25, 0.3) is 0 Å². The Bertz CT molecular complexity index is 1010. The molecule has 2 N–H and O–H groups in total. The Labute approximate surface area is 167 Å². The molecule has 0 saturated carbocycles. The molecule has 1 aromatic carbocycles. The lowest BCUT2D eigenvalue weighted by atomic mass is 10.1. The molecule has 5 nitrogen and oxygen atoms in total. The van der Waals surface area contributed by atoms with Crippen molar-refractivity contribution in [2.75, 3.05) is 11.9 Å². The molecule has 28 heavy (non-hydrogen) atoms. The lowest BCUT2D eigenvalue weighted by molar-refractivity contribution is 0.252. The Morgan fingerprint density at radius 1 is 1.21 bits per heavy atom. The van der Waals surface area contributed by atoms with Gasteiger partial charge in [0.15, 0.2) is 5.13 Å². The van der Waals surface area contributed by atoms with Crippen molar-refractivity contribution < 1.29 is 9.18 Å². The molecular formula is C21H19FN4OS. The summed E-state index contributed by atoms with van der Waals surface area (Å²) in [5.41, 5.74) is 2.55. The van der Waals surface area contributed by atoms with Gasteiger partial charge in [-0.15, -0.1) is 0 Å². The molecule has 0 aliphatic carbocycles. The van der Waals surface area contributed by atoms with E-state index in [0.29, 0.717) is 18.1 Å². The highest BCUT2D eigenvalue weighted by atomic mass is 32.1. The molecular weight excluding hydrogens is 375 g/mol. The minimum atomic E-state index is -0.318. The summed E-state index contributed by atoms with van der Waals surface area (Å²) in [6.45, 7) is 2.34. The van der Waals surface area contributed by atoms with Crippen LogP contribution in [0.1, 0.15) is 28.1 Å². The van der Waals surface area contributed by atoms with Gasteiger partial charge < -0.3 is 5.32 Å². The van der Waals surface area contributed by atoms with Gasteiger partial charge in [0.05, 0.1) is 5.69 Å². The lowest BCUT2D eigenvalue weighted by Gasteiger charge is -2.05.